The van der Waals surface area contributed by atoms with Crippen LogP contribution in [0.5, 0.6) is 11.5 Å². The third kappa shape index (κ3) is 6.95. The summed E-state index contributed by atoms with van der Waals surface area (Å²) in [5.74, 6) is -0.886. The first kappa shape index (κ1) is 31.8. The monoisotopic (exact) mass is 609 g/mol. The summed E-state index contributed by atoms with van der Waals surface area (Å²) in [6.07, 6.45) is 0.271. The topological polar surface area (TPSA) is 140 Å². The van der Waals surface area contributed by atoms with E-state index in [1.807, 2.05) is 6.92 Å². The molecular weight excluding hydrogens is 588 g/mol. The Morgan fingerprint density at radius 2 is 1.77 bits per heavy atom. The zero-order chi connectivity index (χ0) is 28.3. The Labute approximate surface area is 263 Å². The van der Waals surface area contributed by atoms with Crippen molar-refractivity contribution in [1.29, 1.82) is 0 Å². The molecule has 0 atom stereocenters. The third-order valence-electron chi connectivity index (χ3n) is 5.73. The van der Waals surface area contributed by atoms with Gasteiger partial charge in [0, 0.05) is 27.7 Å². The van der Waals surface area contributed by atoms with Gasteiger partial charge in [-0.1, -0.05) is 60.1 Å². The van der Waals surface area contributed by atoms with Crippen molar-refractivity contribution in [2.24, 2.45) is 10.2 Å². The van der Waals surface area contributed by atoms with Gasteiger partial charge in [0.2, 0.25) is 0 Å². The molecule has 13 heteroatoms. The normalized spacial score (nSPS) is 11.4. The molecular formula is C27H22Cl2N3NaO6S. The molecule has 0 spiro atoms. The summed E-state index contributed by atoms with van der Waals surface area (Å²) in [5, 5.41) is 25.7. The number of ether oxygens (including phenoxy) is 1. The van der Waals surface area contributed by atoms with Crippen LogP contribution >= 0.6 is 23.2 Å². The van der Waals surface area contributed by atoms with Crippen LogP contribution in [-0.2, 0) is 16.5 Å². The van der Waals surface area contributed by atoms with Crippen molar-refractivity contribution >= 4 is 67.1 Å². The van der Waals surface area contributed by atoms with E-state index >= 15 is 0 Å². The summed E-state index contributed by atoms with van der Waals surface area (Å²) >= 11 is 12.4. The largest absolute Gasteiger partial charge is 1.00 e. The van der Waals surface area contributed by atoms with Crippen molar-refractivity contribution in [3.63, 3.8) is 0 Å². The molecule has 0 aliphatic rings. The minimum absolute atomic E-state index is 0. The number of carbonyl (C=O) groups excluding carboxylic acids is 1. The first-order valence-corrected chi connectivity index (χ1v) is 13.9. The van der Waals surface area contributed by atoms with E-state index in [9.17, 15) is 22.9 Å². The minimum Gasteiger partial charge on any atom is -0.870 e. The van der Waals surface area contributed by atoms with Gasteiger partial charge in [0.25, 0.3) is 16.0 Å². The maximum Gasteiger partial charge on any atom is 1.00 e. The molecule has 0 aromatic heterocycles. The van der Waals surface area contributed by atoms with Crippen LogP contribution in [0, 0.1) is 0 Å². The molecule has 2 N–H and O–H groups in total. The predicted molar refractivity (Wildman–Crippen MR) is 149 cm³/mol. The molecule has 0 heterocycles. The van der Waals surface area contributed by atoms with Crippen molar-refractivity contribution in [1.82, 2.24) is 0 Å². The Morgan fingerprint density at radius 1 is 1.05 bits per heavy atom. The number of nitrogens with one attached hydrogen (secondary N) is 1. The first-order valence-electron chi connectivity index (χ1n) is 11.7. The van der Waals surface area contributed by atoms with Crippen LogP contribution in [0.15, 0.2) is 75.8 Å². The number of fused-ring (bicyclic) bond motifs is 1. The van der Waals surface area contributed by atoms with E-state index in [1.165, 1.54) is 18.2 Å². The molecule has 0 saturated heterocycles. The SMILES string of the molecule is CCOc1cc(Cl)cc(NC(=O)c2cc3ccccc3c(N=Nc3ccc(S(=O)(=O)O)c(Cl)c3CC)c2[O-])c1.[Na+]. The summed E-state index contributed by atoms with van der Waals surface area (Å²) in [4.78, 5) is 12.7. The van der Waals surface area contributed by atoms with Crippen LogP contribution in [0.4, 0.5) is 17.1 Å². The molecule has 40 heavy (non-hydrogen) atoms. The molecule has 0 aliphatic carbocycles. The van der Waals surface area contributed by atoms with Crippen molar-refractivity contribution < 1.29 is 57.2 Å². The van der Waals surface area contributed by atoms with Gasteiger partial charge >= 0.3 is 29.6 Å². The number of rotatable bonds is 8. The molecule has 0 saturated carbocycles. The number of hydrogen-bond donors (Lipinski definition) is 2. The van der Waals surface area contributed by atoms with Crippen LogP contribution < -0.4 is 44.7 Å². The van der Waals surface area contributed by atoms with Crippen LogP contribution in [0.3, 0.4) is 0 Å². The van der Waals surface area contributed by atoms with Crippen molar-refractivity contribution in [3.05, 3.63) is 81.8 Å². The van der Waals surface area contributed by atoms with Gasteiger partial charge in [0.1, 0.15) is 10.6 Å². The van der Waals surface area contributed by atoms with Gasteiger partial charge in [0.15, 0.2) is 0 Å². The Morgan fingerprint density at radius 3 is 2.45 bits per heavy atom. The van der Waals surface area contributed by atoms with E-state index in [0.29, 0.717) is 39.4 Å². The zero-order valence-electron chi connectivity index (χ0n) is 21.7. The van der Waals surface area contributed by atoms with Gasteiger partial charge in [-0.25, -0.2) is 0 Å². The van der Waals surface area contributed by atoms with Crippen LogP contribution in [0.2, 0.25) is 10.0 Å². The number of hydrogen-bond acceptors (Lipinski definition) is 7. The van der Waals surface area contributed by atoms with E-state index in [0.717, 1.165) is 6.07 Å². The van der Waals surface area contributed by atoms with Gasteiger partial charge in [-0.2, -0.15) is 18.6 Å². The number of halogens is 2. The smallest absolute Gasteiger partial charge is 0.870 e. The van der Waals surface area contributed by atoms with E-state index in [4.69, 9.17) is 27.9 Å². The Balaban J connectivity index is 0.00000441. The molecule has 0 radical (unpaired) electrons. The van der Waals surface area contributed by atoms with Gasteiger partial charge < -0.3 is 15.2 Å². The Bertz CT molecular complexity index is 1730. The summed E-state index contributed by atoms with van der Waals surface area (Å²) in [7, 11) is -4.55. The maximum atomic E-state index is 13.5. The number of nitrogens with zero attached hydrogens (tertiary/aromatic N) is 2. The summed E-state index contributed by atoms with van der Waals surface area (Å²) in [6.45, 7) is 3.94. The Hall–Kier alpha value is -2.70. The summed E-state index contributed by atoms with van der Waals surface area (Å²) in [5.41, 5.74) is 0.600. The van der Waals surface area contributed by atoms with Gasteiger partial charge in [-0.3, -0.25) is 9.35 Å². The third-order valence-corrected chi connectivity index (χ3v) is 7.39. The Kier molecular flexibility index (Phi) is 10.6. The van der Waals surface area contributed by atoms with Crippen LogP contribution in [-0.4, -0.2) is 25.5 Å². The number of azo groups is 1. The summed E-state index contributed by atoms with van der Waals surface area (Å²) < 4.78 is 38.1. The number of carbonyl (C=O) groups is 1. The first-order chi connectivity index (χ1) is 18.5. The average Bonchev–Trinajstić information content (AvgIpc) is 2.87. The molecule has 4 aromatic carbocycles. The number of benzene rings is 4. The van der Waals surface area contributed by atoms with Crippen molar-refractivity contribution in [2.45, 2.75) is 25.2 Å². The predicted octanol–water partition coefficient (Wildman–Crippen LogP) is 4.10. The van der Waals surface area contributed by atoms with Crippen molar-refractivity contribution in [3.8, 4) is 11.5 Å². The molecule has 202 valence electrons. The molecule has 0 aliphatic heterocycles. The van der Waals surface area contributed by atoms with Gasteiger partial charge in [-0.15, -0.1) is 0 Å². The molecule has 0 bridgehead atoms. The second-order valence-electron chi connectivity index (χ2n) is 8.29. The molecule has 4 rings (SSSR count). The molecule has 1 amide bonds. The zero-order valence-corrected chi connectivity index (χ0v) is 26.1. The molecule has 9 nitrogen and oxygen atoms in total. The fourth-order valence-electron chi connectivity index (χ4n) is 3.98. The van der Waals surface area contributed by atoms with E-state index < -0.39 is 26.7 Å². The number of anilines is 1. The summed E-state index contributed by atoms with van der Waals surface area (Å²) in [6, 6.07) is 15.5. The van der Waals surface area contributed by atoms with Gasteiger partial charge in [-0.05, 0) is 54.6 Å². The molecule has 4 aromatic rings. The molecule has 0 unspecified atom stereocenters. The standard InChI is InChI=1S/C27H23Cl2N3O6S.Na/c1-3-19-22(9-10-23(24(19)29)39(35,36)37)31-32-25-20-8-6-5-7-15(20)11-21(26(25)33)27(34)30-17-12-16(28)13-18(14-17)38-4-2;/h5-14,33H,3-4H2,1-2H3,(H,30,34)(H,35,36,37);/q;+1/p-1. The minimum atomic E-state index is -4.55. The van der Waals surface area contributed by atoms with Gasteiger partial charge in [0.05, 0.1) is 23.0 Å². The second kappa shape index (κ2) is 13.3. The van der Waals surface area contributed by atoms with Crippen LogP contribution in [0.25, 0.3) is 10.8 Å². The number of amides is 1. The van der Waals surface area contributed by atoms with Crippen molar-refractivity contribution in [2.75, 3.05) is 11.9 Å². The average molecular weight is 610 g/mol. The van der Waals surface area contributed by atoms with E-state index in [1.54, 1.807) is 43.3 Å². The van der Waals surface area contributed by atoms with Crippen LogP contribution in [0.1, 0.15) is 29.8 Å². The van der Waals surface area contributed by atoms with E-state index in [-0.39, 0.29) is 57.9 Å². The fraction of sp³-hybridized carbons (Fsp3) is 0.148. The molecule has 0 fully saturated rings. The maximum absolute atomic E-state index is 13.5. The fourth-order valence-corrected chi connectivity index (χ4v) is 5.38. The quantitative estimate of drug-likeness (QED) is 0.175. The van der Waals surface area contributed by atoms with E-state index in [2.05, 4.69) is 15.5 Å². The second-order valence-corrected chi connectivity index (χ2v) is 10.5.